The lowest BCUT2D eigenvalue weighted by molar-refractivity contribution is -0.142. The van der Waals surface area contributed by atoms with E-state index in [9.17, 15) is 4.79 Å². The third-order valence-electron chi connectivity index (χ3n) is 2.10. The number of benzene rings is 1. The maximum absolute atomic E-state index is 10.9. The topological polar surface area (TPSA) is 37.3 Å². The van der Waals surface area contributed by atoms with Crippen LogP contribution < -0.4 is 0 Å². The SMILES string of the molecule is CC(C)(C(=O)O)c1ccc(Cl)cc1. The molecule has 1 rings (SSSR count). The first-order valence-electron chi connectivity index (χ1n) is 3.94. The van der Waals surface area contributed by atoms with Gasteiger partial charge in [0.2, 0.25) is 0 Å². The molecule has 0 spiro atoms. The van der Waals surface area contributed by atoms with Crippen molar-refractivity contribution in [3.8, 4) is 0 Å². The minimum absolute atomic E-state index is 0.616. The number of halogens is 1. The molecule has 1 aromatic carbocycles. The van der Waals surface area contributed by atoms with Gasteiger partial charge in [-0.1, -0.05) is 23.7 Å². The molecule has 0 unspecified atom stereocenters. The summed E-state index contributed by atoms with van der Waals surface area (Å²) in [4.78, 5) is 10.9. The lowest BCUT2D eigenvalue weighted by Crippen LogP contribution is -2.28. The van der Waals surface area contributed by atoms with Gasteiger partial charge in [0.05, 0.1) is 5.41 Å². The minimum Gasteiger partial charge on any atom is -0.481 e. The molecule has 70 valence electrons. The molecule has 0 amide bonds. The second kappa shape index (κ2) is 3.38. The van der Waals surface area contributed by atoms with Crippen LogP contribution in [0.3, 0.4) is 0 Å². The predicted octanol–water partition coefficient (Wildman–Crippen LogP) is 2.70. The molecular formula is C10H11ClO2. The molecule has 0 radical (unpaired) electrons. The van der Waals surface area contributed by atoms with E-state index in [0.29, 0.717) is 5.02 Å². The second-order valence-corrected chi connectivity index (χ2v) is 3.87. The summed E-state index contributed by atoms with van der Waals surface area (Å²) in [6.45, 7) is 3.33. The maximum Gasteiger partial charge on any atom is 0.313 e. The molecule has 0 saturated heterocycles. The van der Waals surface area contributed by atoms with E-state index in [1.165, 1.54) is 0 Å². The van der Waals surface area contributed by atoms with Crippen LogP contribution in [0.2, 0.25) is 5.02 Å². The van der Waals surface area contributed by atoms with Crippen LogP contribution in [-0.4, -0.2) is 11.1 Å². The quantitative estimate of drug-likeness (QED) is 0.794. The molecule has 3 heteroatoms. The third-order valence-corrected chi connectivity index (χ3v) is 2.35. The highest BCUT2D eigenvalue weighted by Crippen LogP contribution is 2.24. The average molecular weight is 199 g/mol. The highest BCUT2D eigenvalue weighted by molar-refractivity contribution is 6.30. The molecule has 0 aliphatic rings. The molecular weight excluding hydrogens is 188 g/mol. The van der Waals surface area contributed by atoms with Gasteiger partial charge in [-0.3, -0.25) is 4.79 Å². The molecule has 1 N–H and O–H groups in total. The second-order valence-electron chi connectivity index (χ2n) is 3.44. The molecule has 1 aromatic rings. The Morgan fingerprint density at radius 1 is 1.31 bits per heavy atom. The molecule has 0 fully saturated rings. The number of hydrogen-bond donors (Lipinski definition) is 1. The van der Waals surface area contributed by atoms with E-state index < -0.39 is 11.4 Å². The lowest BCUT2D eigenvalue weighted by Gasteiger charge is -2.19. The van der Waals surface area contributed by atoms with Crippen molar-refractivity contribution in [2.75, 3.05) is 0 Å². The number of hydrogen-bond acceptors (Lipinski definition) is 1. The van der Waals surface area contributed by atoms with Crippen LogP contribution in [0.4, 0.5) is 0 Å². The summed E-state index contributed by atoms with van der Waals surface area (Å²) in [6.07, 6.45) is 0. The molecule has 0 aliphatic carbocycles. The zero-order chi connectivity index (χ0) is 10.1. The van der Waals surface area contributed by atoms with Crippen molar-refractivity contribution in [1.29, 1.82) is 0 Å². The van der Waals surface area contributed by atoms with Crippen LogP contribution in [-0.2, 0) is 10.2 Å². The van der Waals surface area contributed by atoms with Gasteiger partial charge in [0.15, 0.2) is 0 Å². The molecule has 0 aliphatic heterocycles. The first-order valence-corrected chi connectivity index (χ1v) is 4.32. The van der Waals surface area contributed by atoms with Gasteiger partial charge in [0.1, 0.15) is 0 Å². The minimum atomic E-state index is -0.857. The number of aliphatic carboxylic acids is 1. The first-order chi connectivity index (χ1) is 5.94. The van der Waals surface area contributed by atoms with Crippen molar-refractivity contribution >= 4 is 17.6 Å². The number of rotatable bonds is 2. The van der Waals surface area contributed by atoms with Crippen LogP contribution in [0.25, 0.3) is 0 Å². The van der Waals surface area contributed by atoms with Crippen molar-refractivity contribution < 1.29 is 9.90 Å². The fourth-order valence-corrected chi connectivity index (χ4v) is 1.12. The summed E-state index contributed by atoms with van der Waals surface area (Å²) >= 11 is 5.69. The Bertz CT molecular complexity index is 314. The zero-order valence-electron chi connectivity index (χ0n) is 7.54. The molecule has 0 bridgehead atoms. The number of carboxylic acids is 1. The van der Waals surface area contributed by atoms with E-state index in [1.807, 2.05) is 0 Å². The van der Waals surface area contributed by atoms with E-state index >= 15 is 0 Å². The lowest BCUT2D eigenvalue weighted by atomic mass is 9.85. The Kier molecular flexibility index (Phi) is 2.62. The molecule has 0 saturated carbocycles. The summed E-state index contributed by atoms with van der Waals surface area (Å²) in [6, 6.07) is 6.86. The summed E-state index contributed by atoms with van der Waals surface area (Å²) in [7, 11) is 0. The Labute approximate surface area is 82.2 Å². The number of carboxylic acid groups (broad SMARTS) is 1. The maximum atomic E-state index is 10.9. The van der Waals surface area contributed by atoms with Gasteiger partial charge in [0.25, 0.3) is 0 Å². The highest BCUT2D eigenvalue weighted by atomic mass is 35.5. The monoisotopic (exact) mass is 198 g/mol. The van der Waals surface area contributed by atoms with Crippen molar-refractivity contribution in [2.24, 2.45) is 0 Å². The van der Waals surface area contributed by atoms with Gasteiger partial charge in [0, 0.05) is 5.02 Å². The largest absolute Gasteiger partial charge is 0.481 e. The van der Waals surface area contributed by atoms with Crippen molar-refractivity contribution in [3.63, 3.8) is 0 Å². The predicted molar refractivity (Wildman–Crippen MR) is 52.1 cm³/mol. The summed E-state index contributed by atoms with van der Waals surface area (Å²) in [5.41, 5.74) is -0.102. The first kappa shape index (κ1) is 10.1. The summed E-state index contributed by atoms with van der Waals surface area (Å²) in [5.74, 6) is -0.838. The Balaban J connectivity index is 3.08. The highest BCUT2D eigenvalue weighted by Gasteiger charge is 2.28. The van der Waals surface area contributed by atoms with Gasteiger partial charge < -0.3 is 5.11 Å². The average Bonchev–Trinajstić information content (AvgIpc) is 2.04. The van der Waals surface area contributed by atoms with Gasteiger partial charge in [-0.05, 0) is 31.5 Å². The Hall–Kier alpha value is -1.02. The van der Waals surface area contributed by atoms with E-state index in [0.717, 1.165) is 5.56 Å². The van der Waals surface area contributed by atoms with Crippen molar-refractivity contribution in [2.45, 2.75) is 19.3 Å². The molecule has 0 heterocycles. The van der Waals surface area contributed by atoms with E-state index in [-0.39, 0.29) is 0 Å². The normalized spacial score (nSPS) is 11.3. The van der Waals surface area contributed by atoms with Crippen LogP contribution in [0, 0.1) is 0 Å². The smallest absolute Gasteiger partial charge is 0.313 e. The van der Waals surface area contributed by atoms with Gasteiger partial charge in [-0.25, -0.2) is 0 Å². The van der Waals surface area contributed by atoms with Gasteiger partial charge in [-0.15, -0.1) is 0 Å². The summed E-state index contributed by atoms with van der Waals surface area (Å²) < 4.78 is 0. The zero-order valence-corrected chi connectivity index (χ0v) is 8.30. The van der Waals surface area contributed by atoms with Crippen LogP contribution in [0.15, 0.2) is 24.3 Å². The van der Waals surface area contributed by atoms with Crippen LogP contribution in [0.5, 0.6) is 0 Å². The standard InChI is InChI=1S/C10H11ClO2/c1-10(2,9(12)13)7-3-5-8(11)6-4-7/h3-6H,1-2H3,(H,12,13). The van der Waals surface area contributed by atoms with E-state index in [2.05, 4.69) is 0 Å². The molecule has 13 heavy (non-hydrogen) atoms. The van der Waals surface area contributed by atoms with Crippen molar-refractivity contribution in [3.05, 3.63) is 34.9 Å². The molecule has 0 aromatic heterocycles. The van der Waals surface area contributed by atoms with Crippen LogP contribution >= 0.6 is 11.6 Å². The van der Waals surface area contributed by atoms with E-state index in [4.69, 9.17) is 16.7 Å². The van der Waals surface area contributed by atoms with E-state index in [1.54, 1.807) is 38.1 Å². The van der Waals surface area contributed by atoms with Crippen molar-refractivity contribution in [1.82, 2.24) is 0 Å². The van der Waals surface area contributed by atoms with Gasteiger partial charge >= 0.3 is 5.97 Å². The van der Waals surface area contributed by atoms with Gasteiger partial charge in [-0.2, -0.15) is 0 Å². The third kappa shape index (κ3) is 2.01. The summed E-state index contributed by atoms with van der Waals surface area (Å²) in [5, 5.41) is 9.55. The number of carbonyl (C=O) groups is 1. The fourth-order valence-electron chi connectivity index (χ4n) is 0.990. The van der Waals surface area contributed by atoms with Crippen LogP contribution in [0.1, 0.15) is 19.4 Å². The molecule has 0 atom stereocenters. The molecule has 2 nitrogen and oxygen atoms in total. The fraction of sp³-hybridized carbons (Fsp3) is 0.300. The Morgan fingerprint density at radius 2 is 1.77 bits per heavy atom. The Morgan fingerprint density at radius 3 is 2.15 bits per heavy atom.